The molecule has 30 heavy (non-hydrogen) atoms. The monoisotopic (exact) mass is 409 g/mol. The molecule has 2 aromatic rings. The van der Waals surface area contributed by atoms with E-state index in [0.717, 1.165) is 16.9 Å². The van der Waals surface area contributed by atoms with Crippen molar-refractivity contribution in [2.75, 3.05) is 23.4 Å². The molecule has 2 N–H and O–H groups in total. The number of ether oxygens (including phenoxy) is 1. The quantitative estimate of drug-likeness (QED) is 0.734. The molecule has 0 aliphatic carbocycles. The summed E-state index contributed by atoms with van der Waals surface area (Å²) in [4.78, 5) is 38.1. The summed E-state index contributed by atoms with van der Waals surface area (Å²) in [5, 5.41) is 5.72. The van der Waals surface area contributed by atoms with Gasteiger partial charge in [-0.2, -0.15) is 0 Å². The minimum absolute atomic E-state index is 0.0448. The lowest BCUT2D eigenvalue weighted by molar-refractivity contribution is -0.125. The molecule has 7 nitrogen and oxygen atoms in total. The van der Waals surface area contributed by atoms with Crippen LogP contribution < -0.4 is 20.3 Å². The number of nitrogens with zero attached hydrogens (tertiary/aromatic N) is 1. The fourth-order valence-electron chi connectivity index (χ4n) is 3.29. The summed E-state index contributed by atoms with van der Waals surface area (Å²) in [5.74, 6) is 0.371. The highest BCUT2D eigenvalue weighted by molar-refractivity contribution is 5.97. The van der Waals surface area contributed by atoms with Gasteiger partial charge in [-0.05, 0) is 36.8 Å². The molecule has 3 rings (SSSR count). The molecule has 0 saturated carbocycles. The summed E-state index contributed by atoms with van der Waals surface area (Å²) in [6, 6.07) is 14.6. The van der Waals surface area contributed by atoms with Crippen LogP contribution in [0.15, 0.2) is 48.5 Å². The standard InChI is InChI=1S/C23H27N3O4/c1-3-21(27)25-18-10-8-17(9-11-18)16(2)24-22(28)12-13-23(29)26-14-15-30-20-7-5-4-6-19(20)26/h4-11,16H,3,12-15H2,1-2H3,(H,24,28)(H,25,27). The average molecular weight is 409 g/mol. The molecule has 0 radical (unpaired) electrons. The van der Waals surface area contributed by atoms with Crippen LogP contribution in [0.1, 0.15) is 44.7 Å². The van der Waals surface area contributed by atoms with Gasteiger partial charge in [0.05, 0.1) is 18.3 Å². The van der Waals surface area contributed by atoms with Gasteiger partial charge >= 0.3 is 0 Å². The lowest BCUT2D eigenvalue weighted by Crippen LogP contribution is -2.38. The van der Waals surface area contributed by atoms with E-state index in [4.69, 9.17) is 4.74 Å². The average Bonchev–Trinajstić information content (AvgIpc) is 2.77. The van der Waals surface area contributed by atoms with Crippen LogP contribution in [0.2, 0.25) is 0 Å². The van der Waals surface area contributed by atoms with E-state index >= 15 is 0 Å². The summed E-state index contributed by atoms with van der Waals surface area (Å²) < 4.78 is 5.57. The first kappa shape index (κ1) is 21.4. The number of hydrogen-bond acceptors (Lipinski definition) is 4. The fraction of sp³-hybridized carbons (Fsp3) is 0.348. The zero-order valence-electron chi connectivity index (χ0n) is 17.3. The molecule has 2 aromatic carbocycles. The maximum Gasteiger partial charge on any atom is 0.227 e. The second-order valence-corrected chi connectivity index (χ2v) is 7.17. The van der Waals surface area contributed by atoms with E-state index in [1.807, 2.05) is 55.5 Å². The van der Waals surface area contributed by atoms with Crippen LogP contribution in [-0.2, 0) is 14.4 Å². The summed E-state index contributed by atoms with van der Waals surface area (Å²) in [6.45, 7) is 4.61. The Labute approximate surface area is 176 Å². The number of para-hydroxylation sites is 2. The van der Waals surface area contributed by atoms with Crippen LogP contribution in [0.4, 0.5) is 11.4 Å². The highest BCUT2D eigenvalue weighted by Crippen LogP contribution is 2.31. The third-order valence-corrected chi connectivity index (χ3v) is 4.99. The number of nitrogens with one attached hydrogen (secondary N) is 2. The molecule has 158 valence electrons. The second kappa shape index (κ2) is 9.91. The third-order valence-electron chi connectivity index (χ3n) is 4.99. The van der Waals surface area contributed by atoms with Gasteiger partial charge in [0.2, 0.25) is 17.7 Å². The van der Waals surface area contributed by atoms with Crippen molar-refractivity contribution >= 4 is 29.1 Å². The van der Waals surface area contributed by atoms with Gasteiger partial charge in [-0.3, -0.25) is 14.4 Å². The summed E-state index contributed by atoms with van der Waals surface area (Å²) >= 11 is 0. The summed E-state index contributed by atoms with van der Waals surface area (Å²) in [5.41, 5.74) is 2.39. The van der Waals surface area contributed by atoms with E-state index < -0.39 is 0 Å². The van der Waals surface area contributed by atoms with Crippen molar-refractivity contribution in [1.82, 2.24) is 5.32 Å². The van der Waals surface area contributed by atoms with E-state index in [2.05, 4.69) is 10.6 Å². The van der Waals surface area contributed by atoms with Gasteiger partial charge < -0.3 is 20.3 Å². The first-order chi connectivity index (χ1) is 14.5. The van der Waals surface area contributed by atoms with Crippen LogP contribution in [0.3, 0.4) is 0 Å². The van der Waals surface area contributed by atoms with E-state index in [9.17, 15) is 14.4 Å². The molecule has 1 unspecified atom stereocenters. The van der Waals surface area contributed by atoms with E-state index in [-0.39, 0.29) is 36.6 Å². The molecule has 1 heterocycles. The molecule has 0 fully saturated rings. The lowest BCUT2D eigenvalue weighted by atomic mass is 10.1. The topological polar surface area (TPSA) is 87.7 Å². The molecule has 0 spiro atoms. The van der Waals surface area contributed by atoms with Crippen molar-refractivity contribution in [2.24, 2.45) is 0 Å². The Hall–Kier alpha value is -3.35. The molecular weight excluding hydrogens is 382 g/mol. The number of carbonyl (C=O) groups is 3. The normalized spacial score (nSPS) is 13.6. The number of rotatable bonds is 7. The van der Waals surface area contributed by atoms with Crippen LogP contribution in [0, 0.1) is 0 Å². The largest absolute Gasteiger partial charge is 0.490 e. The Kier molecular flexibility index (Phi) is 7.06. The van der Waals surface area contributed by atoms with Crippen LogP contribution in [0.5, 0.6) is 5.75 Å². The van der Waals surface area contributed by atoms with Crippen molar-refractivity contribution in [2.45, 2.75) is 39.2 Å². The first-order valence-electron chi connectivity index (χ1n) is 10.2. The summed E-state index contributed by atoms with van der Waals surface area (Å²) in [7, 11) is 0. The smallest absolute Gasteiger partial charge is 0.227 e. The molecule has 0 aromatic heterocycles. The van der Waals surface area contributed by atoms with Crippen LogP contribution >= 0.6 is 0 Å². The number of carbonyl (C=O) groups excluding carboxylic acids is 3. The number of fused-ring (bicyclic) bond motifs is 1. The SMILES string of the molecule is CCC(=O)Nc1ccc(C(C)NC(=O)CCC(=O)N2CCOc3ccccc32)cc1. The molecule has 3 amide bonds. The van der Waals surface area contributed by atoms with Gasteiger partial charge in [0, 0.05) is 24.9 Å². The number of amides is 3. The third kappa shape index (κ3) is 5.37. The first-order valence-corrected chi connectivity index (χ1v) is 10.2. The van der Waals surface area contributed by atoms with Crippen molar-refractivity contribution in [3.05, 3.63) is 54.1 Å². The molecule has 0 bridgehead atoms. The van der Waals surface area contributed by atoms with Gasteiger partial charge in [0.1, 0.15) is 12.4 Å². The number of anilines is 2. The summed E-state index contributed by atoms with van der Waals surface area (Å²) in [6.07, 6.45) is 0.672. The Morgan fingerprint density at radius 1 is 1.03 bits per heavy atom. The molecule has 1 aliphatic rings. The molecule has 1 atom stereocenters. The number of hydrogen-bond donors (Lipinski definition) is 2. The van der Waals surface area contributed by atoms with E-state index in [1.54, 1.807) is 11.8 Å². The fourth-order valence-corrected chi connectivity index (χ4v) is 3.29. The van der Waals surface area contributed by atoms with Crippen molar-refractivity contribution in [3.63, 3.8) is 0 Å². The number of benzene rings is 2. The van der Waals surface area contributed by atoms with Crippen LogP contribution in [0.25, 0.3) is 0 Å². The van der Waals surface area contributed by atoms with Crippen molar-refractivity contribution < 1.29 is 19.1 Å². The zero-order chi connectivity index (χ0) is 21.5. The van der Waals surface area contributed by atoms with Gasteiger partial charge in [0.15, 0.2) is 0 Å². The van der Waals surface area contributed by atoms with E-state index in [0.29, 0.717) is 25.3 Å². The Bertz CT molecular complexity index is 911. The molecule has 1 aliphatic heterocycles. The van der Waals surface area contributed by atoms with Gasteiger partial charge in [0.25, 0.3) is 0 Å². The predicted molar refractivity (Wildman–Crippen MR) is 115 cm³/mol. The van der Waals surface area contributed by atoms with Crippen LogP contribution in [-0.4, -0.2) is 30.9 Å². The maximum absolute atomic E-state index is 12.6. The zero-order valence-corrected chi connectivity index (χ0v) is 17.3. The lowest BCUT2D eigenvalue weighted by Gasteiger charge is -2.29. The Morgan fingerprint density at radius 3 is 2.50 bits per heavy atom. The van der Waals surface area contributed by atoms with Crippen molar-refractivity contribution in [3.8, 4) is 5.75 Å². The van der Waals surface area contributed by atoms with E-state index in [1.165, 1.54) is 0 Å². The Morgan fingerprint density at radius 2 is 1.77 bits per heavy atom. The van der Waals surface area contributed by atoms with Gasteiger partial charge in [-0.25, -0.2) is 0 Å². The minimum atomic E-state index is -0.201. The molecule has 0 saturated heterocycles. The Balaban J connectivity index is 1.50. The predicted octanol–water partition coefficient (Wildman–Crippen LogP) is 3.42. The van der Waals surface area contributed by atoms with Gasteiger partial charge in [-0.1, -0.05) is 31.2 Å². The minimum Gasteiger partial charge on any atom is -0.490 e. The van der Waals surface area contributed by atoms with Gasteiger partial charge in [-0.15, -0.1) is 0 Å². The molecule has 7 heteroatoms. The van der Waals surface area contributed by atoms with Crippen molar-refractivity contribution in [1.29, 1.82) is 0 Å². The maximum atomic E-state index is 12.6. The second-order valence-electron chi connectivity index (χ2n) is 7.17. The highest BCUT2D eigenvalue weighted by Gasteiger charge is 2.23. The highest BCUT2D eigenvalue weighted by atomic mass is 16.5. The molecular formula is C23H27N3O4.